The molecule has 6 heteroatoms. The van der Waals surface area contributed by atoms with Gasteiger partial charge in [-0.1, -0.05) is 12.1 Å². The molecule has 0 saturated carbocycles. The zero-order valence-electron chi connectivity index (χ0n) is 14.3. The van der Waals surface area contributed by atoms with Crippen LogP contribution in [0.2, 0.25) is 0 Å². The number of amides is 1. The van der Waals surface area contributed by atoms with Gasteiger partial charge in [0.25, 0.3) is 5.91 Å². The van der Waals surface area contributed by atoms with E-state index in [0.29, 0.717) is 43.7 Å². The average Bonchev–Trinajstić information content (AvgIpc) is 2.68. The van der Waals surface area contributed by atoms with Crippen molar-refractivity contribution < 1.29 is 14.0 Å². The maximum atomic E-state index is 13.1. The predicted octanol–water partition coefficient (Wildman–Crippen LogP) is 3.47. The number of carbonyl (C=O) groups excluding carboxylic acids is 2. The van der Waals surface area contributed by atoms with Crippen molar-refractivity contribution in [3.8, 4) is 0 Å². The highest BCUT2D eigenvalue weighted by Gasteiger charge is 2.27. The van der Waals surface area contributed by atoms with Gasteiger partial charge in [0.2, 0.25) is 0 Å². The first kappa shape index (κ1) is 17.1. The highest BCUT2D eigenvalue weighted by atomic mass is 32.2. The van der Waals surface area contributed by atoms with Crippen molar-refractivity contribution in [1.29, 1.82) is 0 Å². The van der Waals surface area contributed by atoms with Crippen LogP contribution in [-0.4, -0.2) is 48.5 Å². The Balaban J connectivity index is 1.48. The standard InChI is InChI=1S/C20H19FN2O2S/c21-14-4-6-15(7-5-14)22-9-11-23(12-10-22)20(25)17-3-1-2-16-18(24)8-13-26-19(16)17/h1-7H,8-13H2. The normalized spacial score (nSPS) is 17.2. The number of ketones is 1. The molecule has 2 heterocycles. The van der Waals surface area contributed by atoms with Gasteiger partial charge in [0.05, 0.1) is 5.56 Å². The Morgan fingerprint density at radius 2 is 1.73 bits per heavy atom. The van der Waals surface area contributed by atoms with E-state index in [-0.39, 0.29) is 17.5 Å². The molecule has 4 rings (SSSR count). The Hall–Kier alpha value is -2.34. The van der Waals surface area contributed by atoms with Crippen LogP contribution in [0.25, 0.3) is 0 Å². The number of halogens is 1. The predicted molar refractivity (Wildman–Crippen MR) is 101 cm³/mol. The van der Waals surface area contributed by atoms with E-state index in [0.717, 1.165) is 16.3 Å². The SMILES string of the molecule is O=C1CCSc2c1cccc2C(=O)N1CCN(c2ccc(F)cc2)CC1. The number of piperazine rings is 1. The molecule has 0 N–H and O–H groups in total. The van der Waals surface area contributed by atoms with E-state index in [9.17, 15) is 14.0 Å². The summed E-state index contributed by atoms with van der Waals surface area (Å²) in [5.41, 5.74) is 2.28. The lowest BCUT2D eigenvalue weighted by Crippen LogP contribution is -2.49. The van der Waals surface area contributed by atoms with Crippen LogP contribution in [0.3, 0.4) is 0 Å². The van der Waals surface area contributed by atoms with Crippen LogP contribution >= 0.6 is 11.8 Å². The van der Waals surface area contributed by atoms with Gasteiger partial charge in [-0.25, -0.2) is 4.39 Å². The molecular weight excluding hydrogens is 351 g/mol. The third-order valence-corrected chi connectivity index (χ3v) is 6.02. The smallest absolute Gasteiger partial charge is 0.255 e. The molecule has 2 aromatic rings. The second kappa shape index (κ2) is 7.11. The van der Waals surface area contributed by atoms with Crippen molar-refractivity contribution in [2.24, 2.45) is 0 Å². The topological polar surface area (TPSA) is 40.6 Å². The maximum absolute atomic E-state index is 13.1. The molecule has 1 saturated heterocycles. The van der Waals surface area contributed by atoms with E-state index in [1.54, 1.807) is 30.0 Å². The van der Waals surface area contributed by atoms with E-state index < -0.39 is 0 Å². The van der Waals surface area contributed by atoms with Gasteiger partial charge in [0.15, 0.2) is 5.78 Å². The number of fused-ring (bicyclic) bond motifs is 1. The monoisotopic (exact) mass is 370 g/mol. The van der Waals surface area contributed by atoms with E-state index in [1.165, 1.54) is 12.1 Å². The van der Waals surface area contributed by atoms with Crippen LogP contribution in [0, 0.1) is 5.82 Å². The molecule has 2 aliphatic rings. The van der Waals surface area contributed by atoms with Gasteiger partial charge in [-0.2, -0.15) is 0 Å². The summed E-state index contributed by atoms with van der Waals surface area (Å²) in [7, 11) is 0. The highest BCUT2D eigenvalue weighted by molar-refractivity contribution is 7.99. The molecule has 1 amide bonds. The van der Waals surface area contributed by atoms with Crippen molar-refractivity contribution in [2.75, 3.05) is 36.8 Å². The summed E-state index contributed by atoms with van der Waals surface area (Å²) in [5, 5.41) is 0. The number of rotatable bonds is 2. The zero-order chi connectivity index (χ0) is 18.1. The molecule has 0 spiro atoms. The zero-order valence-corrected chi connectivity index (χ0v) is 15.1. The number of Topliss-reactive ketones (excluding diaryl/α,β-unsaturated/α-hetero) is 1. The maximum Gasteiger partial charge on any atom is 0.255 e. The first-order valence-corrected chi connectivity index (χ1v) is 9.71. The van der Waals surface area contributed by atoms with E-state index in [1.807, 2.05) is 17.0 Å². The Bertz CT molecular complexity index is 845. The fourth-order valence-corrected chi connectivity index (χ4v) is 4.59. The summed E-state index contributed by atoms with van der Waals surface area (Å²) in [4.78, 5) is 29.9. The van der Waals surface area contributed by atoms with Gasteiger partial charge in [0, 0.05) is 54.5 Å². The largest absolute Gasteiger partial charge is 0.368 e. The van der Waals surface area contributed by atoms with Gasteiger partial charge in [-0.15, -0.1) is 11.8 Å². The lowest BCUT2D eigenvalue weighted by molar-refractivity contribution is 0.0743. The first-order valence-electron chi connectivity index (χ1n) is 8.72. The summed E-state index contributed by atoms with van der Waals surface area (Å²) in [5.74, 6) is 0.592. The number of nitrogens with zero attached hydrogens (tertiary/aromatic N) is 2. The van der Waals surface area contributed by atoms with Gasteiger partial charge in [0.1, 0.15) is 5.82 Å². The molecule has 0 aromatic heterocycles. The number of thioether (sulfide) groups is 1. The highest BCUT2D eigenvalue weighted by Crippen LogP contribution is 2.33. The summed E-state index contributed by atoms with van der Waals surface area (Å²) < 4.78 is 13.1. The average molecular weight is 370 g/mol. The lowest BCUT2D eigenvalue weighted by atomic mass is 10.0. The molecule has 0 bridgehead atoms. The molecule has 0 atom stereocenters. The summed E-state index contributed by atoms with van der Waals surface area (Å²) in [6, 6.07) is 11.9. The molecular formula is C20H19FN2O2S. The summed E-state index contributed by atoms with van der Waals surface area (Å²) in [6.45, 7) is 2.63. The molecule has 1 fully saturated rings. The first-order chi connectivity index (χ1) is 12.6. The summed E-state index contributed by atoms with van der Waals surface area (Å²) in [6.07, 6.45) is 0.533. The molecule has 2 aliphatic heterocycles. The minimum atomic E-state index is -0.247. The lowest BCUT2D eigenvalue weighted by Gasteiger charge is -2.36. The quantitative estimate of drug-likeness (QED) is 0.812. The van der Waals surface area contributed by atoms with E-state index in [2.05, 4.69) is 4.90 Å². The van der Waals surface area contributed by atoms with Crippen molar-refractivity contribution in [1.82, 2.24) is 4.90 Å². The molecule has 0 aliphatic carbocycles. The van der Waals surface area contributed by atoms with Gasteiger partial charge in [-0.3, -0.25) is 9.59 Å². The van der Waals surface area contributed by atoms with Crippen LogP contribution in [0.1, 0.15) is 27.1 Å². The van der Waals surface area contributed by atoms with Crippen molar-refractivity contribution >= 4 is 29.1 Å². The molecule has 2 aromatic carbocycles. The van der Waals surface area contributed by atoms with Crippen LogP contribution in [-0.2, 0) is 0 Å². The van der Waals surface area contributed by atoms with Crippen molar-refractivity contribution in [3.63, 3.8) is 0 Å². The van der Waals surface area contributed by atoms with Crippen molar-refractivity contribution in [3.05, 3.63) is 59.4 Å². The number of hydrogen-bond acceptors (Lipinski definition) is 4. The second-order valence-corrected chi connectivity index (χ2v) is 7.56. The van der Waals surface area contributed by atoms with Crippen LogP contribution in [0.5, 0.6) is 0 Å². The Kier molecular flexibility index (Phi) is 4.68. The Labute approximate surface area is 156 Å². The molecule has 26 heavy (non-hydrogen) atoms. The molecule has 134 valence electrons. The number of benzene rings is 2. The van der Waals surface area contributed by atoms with Gasteiger partial charge >= 0.3 is 0 Å². The fourth-order valence-electron chi connectivity index (χ4n) is 3.45. The number of carbonyl (C=O) groups is 2. The van der Waals surface area contributed by atoms with Crippen LogP contribution in [0.15, 0.2) is 47.4 Å². The van der Waals surface area contributed by atoms with Crippen LogP contribution in [0.4, 0.5) is 10.1 Å². The molecule has 0 radical (unpaired) electrons. The second-order valence-electron chi connectivity index (χ2n) is 6.46. The summed E-state index contributed by atoms with van der Waals surface area (Å²) >= 11 is 1.60. The molecule has 4 nitrogen and oxygen atoms in total. The number of anilines is 1. The Morgan fingerprint density at radius 3 is 2.46 bits per heavy atom. The fraction of sp³-hybridized carbons (Fsp3) is 0.300. The van der Waals surface area contributed by atoms with Crippen LogP contribution < -0.4 is 4.90 Å². The van der Waals surface area contributed by atoms with E-state index >= 15 is 0 Å². The number of hydrogen-bond donors (Lipinski definition) is 0. The van der Waals surface area contributed by atoms with Gasteiger partial charge < -0.3 is 9.80 Å². The minimum Gasteiger partial charge on any atom is -0.368 e. The third-order valence-electron chi connectivity index (χ3n) is 4.88. The third kappa shape index (κ3) is 3.21. The van der Waals surface area contributed by atoms with E-state index in [4.69, 9.17) is 0 Å². The molecule has 0 unspecified atom stereocenters. The minimum absolute atomic E-state index is 0.0113. The Morgan fingerprint density at radius 1 is 1.00 bits per heavy atom. The van der Waals surface area contributed by atoms with Gasteiger partial charge in [-0.05, 0) is 30.3 Å². The van der Waals surface area contributed by atoms with Crippen molar-refractivity contribution in [2.45, 2.75) is 11.3 Å².